The number of hydrogen-bond acceptors (Lipinski definition) is 4. The summed E-state index contributed by atoms with van der Waals surface area (Å²) in [5.74, 6) is 1.27. The van der Waals surface area contributed by atoms with Crippen LogP contribution in [0.4, 0.5) is 0 Å². The summed E-state index contributed by atoms with van der Waals surface area (Å²) >= 11 is 5.85. The second-order valence-corrected chi connectivity index (χ2v) is 5.96. The minimum atomic E-state index is -0.0501. The van der Waals surface area contributed by atoms with Gasteiger partial charge in [0.05, 0.1) is 20.8 Å². The lowest BCUT2D eigenvalue weighted by atomic mass is 10.1. The molecular weight excluding hydrogens is 340 g/mol. The molecule has 5 nitrogen and oxygen atoms in total. The molecule has 0 spiro atoms. The van der Waals surface area contributed by atoms with Crippen molar-refractivity contribution in [2.45, 2.75) is 13.0 Å². The fourth-order valence-corrected chi connectivity index (χ4v) is 2.47. The summed E-state index contributed by atoms with van der Waals surface area (Å²) in [6, 6.07) is 13.3. The summed E-state index contributed by atoms with van der Waals surface area (Å²) < 4.78 is 10.4. The van der Waals surface area contributed by atoms with E-state index < -0.39 is 0 Å². The lowest BCUT2D eigenvalue weighted by Crippen LogP contribution is -2.34. The third-order valence-electron chi connectivity index (χ3n) is 3.73. The molecule has 134 valence electrons. The topological polar surface area (TPSA) is 59.6 Å². The van der Waals surface area contributed by atoms with Crippen LogP contribution in [0.2, 0.25) is 5.02 Å². The molecule has 0 aromatic heterocycles. The predicted octanol–water partition coefficient (Wildman–Crippen LogP) is 2.81. The molecule has 0 fully saturated rings. The fraction of sp³-hybridized carbons (Fsp3) is 0.316. The van der Waals surface area contributed by atoms with E-state index in [-0.39, 0.29) is 12.5 Å². The standard InChI is InChI=1S/C19H23ClN2O3/c1-24-17-8-5-15(11-18(17)25-2)12-22-19(23)13-21-10-9-14-3-6-16(20)7-4-14/h3-8,11,21H,9-10,12-13H2,1-2H3,(H,22,23). The van der Waals surface area contributed by atoms with Gasteiger partial charge in [-0.1, -0.05) is 29.8 Å². The van der Waals surface area contributed by atoms with Crippen LogP contribution in [0.1, 0.15) is 11.1 Å². The first-order chi connectivity index (χ1) is 12.1. The number of nitrogens with one attached hydrogen (secondary N) is 2. The van der Waals surface area contributed by atoms with E-state index in [0.717, 1.165) is 23.6 Å². The minimum absolute atomic E-state index is 0.0501. The van der Waals surface area contributed by atoms with Crippen molar-refractivity contribution in [2.75, 3.05) is 27.3 Å². The predicted molar refractivity (Wildman–Crippen MR) is 99.4 cm³/mol. The summed E-state index contributed by atoms with van der Waals surface area (Å²) in [6.45, 7) is 1.45. The highest BCUT2D eigenvalue weighted by atomic mass is 35.5. The van der Waals surface area contributed by atoms with Gasteiger partial charge < -0.3 is 20.1 Å². The maximum Gasteiger partial charge on any atom is 0.234 e. The van der Waals surface area contributed by atoms with Crippen LogP contribution in [0.3, 0.4) is 0 Å². The van der Waals surface area contributed by atoms with Crippen LogP contribution in [0.15, 0.2) is 42.5 Å². The monoisotopic (exact) mass is 362 g/mol. The second kappa shape index (κ2) is 9.91. The Labute approximate surface area is 153 Å². The highest BCUT2D eigenvalue weighted by Gasteiger charge is 2.06. The highest BCUT2D eigenvalue weighted by Crippen LogP contribution is 2.27. The van der Waals surface area contributed by atoms with Gasteiger partial charge in [0, 0.05) is 11.6 Å². The minimum Gasteiger partial charge on any atom is -0.493 e. The molecule has 0 heterocycles. The molecule has 25 heavy (non-hydrogen) atoms. The van der Waals surface area contributed by atoms with Gasteiger partial charge in [-0.3, -0.25) is 4.79 Å². The Hall–Kier alpha value is -2.24. The van der Waals surface area contributed by atoms with E-state index in [1.165, 1.54) is 5.56 Å². The largest absolute Gasteiger partial charge is 0.493 e. The van der Waals surface area contributed by atoms with Crippen molar-refractivity contribution in [2.24, 2.45) is 0 Å². The number of halogens is 1. The number of carbonyl (C=O) groups is 1. The lowest BCUT2D eigenvalue weighted by Gasteiger charge is -2.11. The summed E-state index contributed by atoms with van der Waals surface area (Å²) in [4.78, 5) is 11.9. The van der Waals surface area contributed by atoms with Crippen molar-refractivity contribution in [1.29, 1.82) is 0 Å². The number of hydrogen-bond donors (Lipinski definition) is 2. The zero-order valence-electron chi connectivity index (χ0n) is 14.5. The first-order valence-corrected chi connectivity index (χ1v) is 8.43. The Morgan fingerprint density at radius 1 is 1.00 bits per heavy atom. The van der Waals surface area contributed by atoms with Crippen molar-refractivity contribution in [3.05, 3.63) is 58.6 Å². The first kappa shape index (κ1) is 19.1. The average Bonchev–Trinajstić information content (AvgIpc) is 2.64. The molecule has 0 unspecified atom stereocenters. The summed E-state index contributed by atoms with van der Waals surface area (Å²) in [5.41, 5.74) is 2.13. The molecule has 6 heteroatoms. The van der Waals surface area contributed by atoms with Crippen molar-refractivity contribution in [1.82, 2.24) is 10.6 Å². The van der Waals surface area contributed by atoms with Crippen molar-refractivity contribution in [3.63, 3.8) is 0 Å². The summed E-state index contributed by atoms with van der Waals surface area (Å²) in [5, 5.41) is 6.74. The number of ether oxygens (including phenoxy) is 2. The van der Waals surface area contributed by atoms with Gasteiger partial charge in [-0.05, 0) is 48.4 Å². The Morgan fingerprint density at radius 2 is 1.68 bits per heavy atom. The van der Waals surface area contributed by atoms with Crippen LogP contribution in [0.5, 0.6) is 11.5 Å². The zero-order valence-corrected chi connectivity index (χ0v) is 15.2. The van der Waals surface area contributed by atoms with E-state index >= 15 is 0 Å². The Kier molecular flexibility index (Phi) is 7.57. The third-order valence-corrected chi connectivity index (χ3v) is 3.98. The molecule has 0 aliphatic carbocycles. The molecule has 2 aromatic carbocycles. The van der Waals surface area contributed by atoms with Crippen LogP contribution in [-0.4, -0.2) is 33.2 Å². The number of carbonyl (C=O) groups excluding carboxylic acids is 1. The number of amides is 1. The van der Waals surface area contributed by atoms with Crippen LogP contribution in [0, 0.1) is 0 Å². The van der Waals surface area contributed by atoms with Gasteiger partial charge in [0.1, 0.15) is 0 Å². The van der Waals surface area contributed by atoms with Gasteiger partial charge in [-0.15, -0.1) is 0 Å². The smallest absolute Gasteiger partial charge is 0.234 e. The second-order valence-electron chi connectivity index (χ2n) is 5.52. The molecule has 0 bridgehead atoms. The van der Waals surface area contributed by atoms with Gasteiger partial charge in [-0.2, -0.15) is 0 Å². The van der Waals surface area contributed by atoms with E-state index in [2.05, 4.69) is 10.6 Å². The molecule has 2 rings (SSSR count). The van der Waals surface area contributed by atoms with E-state index in [9.17, 15) is 4.79 Å². The molecular formula is C19H23ClN2O3. The first-order valence-electron chi connectivity index (χ1n) is 8.05. The fourth-order valence-electron chi connectivity index (χ4n) is 2.34. The molecule has 0 saturated carbocycles. The van der Waals surface area contributed by atoms with Crippen LogP contribution in [0.25, 0.3) is 0 Å². The molecule has 0 atom stereocenters. The van der Waals surface area contributed by atoms with Gasteiger partial charge in [-0.25, -0.2) is 0 Å². The van der Waals surface area contributed by atoms with E-state index in [0.29, 0.717) is 18.0 Å². The Morgan fingerprint density at radius 3 is 2.36 bits per heavy atom. The van der Waals surface area contributed by atoms with Crippen molar-refractivity contribution >= 4 is 17.5 Å². The van der Waals surface area contributed by atoms with Crippen LogP contribution < -0.4 is 20.1 Å². The van der Waals surface area contributed by atoms with Crippen LogP contribution in [-0.2, 0) is 17.8 Å². The van der Waals surface area contributed by atoms with Crippen molar-refractivity contribution < 1.29 is 14.3 Å². The van der Waals surface area contributed by atoms with Gasteiger partial charge in [0.15, 0.2) is 11.5 Å². The van der Waals surface area contributed by atoms with Gasteiger partial charge in [0.2, 0.25) is 5.91 Å². The normalized spacial score (nSPS) is 10.4. The Balaban J connectivity index is 1.69. The highest BCUT2D eigenvalue weighted by molar-refractivity contribution is 6.30. The molecule has 2 N–H and O–H groups in total. The maximum atomic E-state index is 11.9. The molecule has 0 saturated heterocycles. The zero-order chi connectivity index (χ0) is 18.1. The molecule has 2 aromatic rings. The third kappa shape index (κ3) is 6.29. The molecule has 1 amide bonds. The summed E-state index contributed by atoms with van der Waals surface area (Å²) in [7, 11) is 3.18. The van der Waals surface area contributed by atoms with E-state index in [4.69, 9.17) is 21.1 Å². The number of methoxy groups -OCH3 is 2. The van der Waals surface area contributed by atoms with Crippen molar-refractivity contribution in [3.8, 4) is 11.5 Å². The number of benzene rings is 2. The average molecular weight is 363 g/mol. The molecule has 0 aliphatic heterocycles. The van der Waals surface area contributed by atoms with Gasteiger partial charge in [0.25, 0.3) is 0 Å². The lowest BCUT2D eigenvalue weighted by molar-refractivity contribution is -0.120. The Bertz CT molecular complexity index is 690. The maximum absolute atomic E-state index is 11.9. The van der Waals surface area contributed by atoms with Crippen LogP contribution >= 0.6 is 11.6 Å². The van der Waals surface area contributed by atoms with Gasteiger partial charge >= 0.3 is 0 Å². The van der Waals surface area contributed by atoms with E-state index in [1.807, 2.05) is 42.5 Å². The SMILES string of the molecule is COc1ccc(CNC(=O)CNCCc2ccc(Cl)cc2)cc1OC. The quantitative estimate of drug-likeness (QED) is 0.673. The summed E-state index contributed by atoms with van der Waals surface area (Å²) in [6.07, 6.45) is 0.847. The molecule has 0 radical (unpaired) electrons. The van der Waals surface area contributed by atoms with E-state index in [1.54, 1.807) is 14.2 Å². The molecule has 0 aliphatic rings. The number of rotatable bonds is 9.